The Hall–Kier alpha value is -0.610. The third-order valence-electron chi connectivity index (χ3n) is 3.41. The number of carbonyl (C=O) groups is 1. The van der Waals surface area contributed by atoms with Crippen LogP contribution in [0, 0.1) is 0 Å². The van der Waals surface area contributed by atoms with Gasteiger partial charge < -0.3 is 10.1 Å². The number of carbonyl (C=O) groups excluding carboxylic acids is 1. The summed E-state index contributed by atoms with van der Waals surface area (Å²) in [6, 6.07) is 0. The number of piperazine rings is 1. The van der Waals surface area contributed by atoms with Crippen LogP contribution in [0.4, 0.5) is 0 Å². The molecule has 0 aromatic rings. The predicted molar refractivity (Wildman–Crippen MR) is 62.3 cm³/mol. The minimum Gasteiger partial charge on any atom is -0.461 e. The Bertz CT molecular complexity index is 199. The van der Waals surface area contributed by atoms with Crippen LogP contribution in [0.1, 0.15) is 32.1 Å². The van der Waals surface area contributed by atoms with Crippen LogP contribution in [-0.4, -0.2) is 49.7 Å². The maximum Gasteiger partial charge on any atom is 0.320 e. The Kier molecular flexibility index (Phi) is 4.60. The van der Waals surface area contributed by atoms with Gasteiger partial charge in [0.05, 0.1) is 6.54 Å². The molecule has 16 heavy (non-hydrogen) atoms. The molecular weight excluding hydrogens is 204 g/mol. The second kappa shape index (κ2) is 6.21. The molecule has 4 nitrogen and oxygen atoms in total. The van der Waals surface area contributed by atoms with E-state index in [-0.39, 0.29) is 12.1 Å². The molecule has 92 valence electrons. The van der Waals surface area contributed by atoms with Crippen molar-refractivity contribution in [2.75, 3.05) is 32.7 Å². The van der Waals surface area contributed by atoms with Gasteiger partial charge in [-0.05, 0) is 25.7 Å². The van der Waals surface area contributed by atoms with Gasteiger partial charge in [0.15, 0.2) is 0 Å². The molecule has 2 aliphatic rings. The van der Waals surface area contributed by atoms with E-state index < -0.39 is 0 Å². The maximum absolute atomic E-state index is 11.7. The van der Waals surface area contributed by atoms with E-state index in [2.05, 4.69) is 10.2 Å². The highest BCUT2D eigenvalue weighted by atomic mass is 16.5. The van der Waals surface area contributed by atoms with Gasteiger partial charge in [0.2, 0.25) is 0 Å². The van der Waals surface area contributed by atoms with Crippen molar-refractivity contribution in [3.63, 3.8) is 0 Å². The summed E-state index contributed by atoms with van der Waals surface area (Å²) in [5.74, 6) is -0.0335. The van der Waals surface area contributed by atoms with Crippen molar-refractivity contribution in [3.05, 3.63) is 0 Å². The summed E-state index contributed by atoms with van der Waals surface area (Å²) in [5.41, 5.74) is 0. The molecule has 0 aromatic carbocycles. The Morgan fingerprint density at radius 1 is 1.19 bits per heavy atom. The number of ether oxygens (including phenoxy) is 1. The van der Waals surface area contributed by atoms with Crippen molar-refractivity contribution in [3.8, 4) is 0 Å². The quantitative estimate of drug-likeness (QED) is 0.722. The fraction of sp³-hybridized carbons (Fsp3) is 0.917. The van der Waals surface area contributed by atoms with Crippen LogP contribution >= 0.6 is 0 Å². The highest BCUT2D eigenvalue weighted by molar-refractivity contribution is 5.71. The molecule has 1 heterocycles. The second-order valence-electron chi connectivity index (χ2n) is 4.78. The van der Waals surface area contributed by atoms with Crippen molar-refractivity contribution in [1.29, 1.82) is 0 Å². The number of hydrogen-bond acceptors (Lipinski definition) is 4. The summed E-state index contributed by atoms with van der Waals surface area (Å²) in [4.78, 5) is 13.9. The molecule has 0 bridgehead atoms. The first-order valence-electron chi connectivity index (χ1n) is 6.47. The van der Waals surface area contributed by atoms with Crippen LogP contribution < -0.4 is 5.32 Å². The van der Waals surface area contributed by atoms with Crippen LogP contribution in [0.25, 0.3) is 0 Å². The molecule has 1 aliphatic heterocycles. The van der Waals surface area contributed by atoms with Crippen LogP contribution in [0.15, 0.2) is 0 Å². The number of nitrogens with one attached hydrogen (secondary N) is 1. The number of rotatable bonds is 3. The van der Waals surface area contributed by atoms with Crippen molar-refractivity contribution in [1.82, 2.24) is 10.2 Å². The van der Waals surface area contributed by atoms with E-state index in [9.17, 15) is 4.79 Å². The molecule has 1 aliphatic carbocycles. The minimum atomic E-state index is -0.0335. The van der Waals surface area contributed by atoms with Crippen LogP contribution in [0.3, 0.4) is 0 Å². The fourth-order valence-electron chi connectivity index (χ4n) is 2.46. The van der Waals surface area contributed by atoms with E-state index in [1.807, 2.05) is 0 Å². The molecule has 0 radical (unpaired) electrons. The zero-order valence-electron chi connectivity index (χ0n) is 9.91. The number of nitrogens with zero attached hydrogens (tertiary/aromatic N) is 1. The van der Waals surface area contributed by atoms with Gasteiger partial charge in [-0.25, -0.2) is 0 Å². The lowest BCUT2D eigenvalue weighted by atomic mass is 9.98. The first-order chi connectivity index (χ1) is 7.84. The van der Waals surface area contributed by atoms with E-state index in [0.29, 0.717) is 6.54 Å². The third kappa shape index (κ3) is 3.76. The van der Waals surface area contributed by atoms with Gasteiger partial charge in [-0.15, -0.1) is 0 Å². The molecular formula is C12H22N2O2. The standard InChI is InChI=1S/C12H22N2O2/c15-12(10-14-8-6-13-7-9-14)16-11-4-2-1-3-5-11/h11,13H,1-10H2. The zero-order chi connectivity index (χ0) is 11.2. The maximum atomic E-state index is 11.7. The lowest BCUT2D eigenvalue weighted by Crippen LogP contribution is -2.46. The molecule has 2 rings (SSSR count). The van der Waals surface area contributed by atoms with Gasteiger partial charge in [0.1, 0.15) is 6.10 Å². The molecule has 0 unspecified atom stereocenters. The Morgan fingerprint density at radius 3 is 2.56 bits per heavy atom. The van der Waals surface area contributed by atoms with Crippen LogP contribution in [0.5, 0.6) is 0 Å². The van der Waals surface area contributed by atoms with Gasteiger partial charge in [-0.1, -0.05) is 6.42 Å². The van der Waals surface area contributed by atoms with E-state index >= 15 is 0 Å². The molecule has 1 saturated heterocycles. The Balaban J connectivity index is 1.66. The molecule has 0 amide bonds. The summed E-state index contributed by atoms with van der Waals surface area (Å²) in [6.07, 6.45) is 6.05. The highest BCUT2D eigenvalue weighted by Crippen LogP contribution is 2.20. The Morgan fingerprint density at radius 2 is 1.88 bits per heavy atom. The fourth-order valence-corrected chi connectivity index (χ4v) is 2.46. The van der Waals surface area contributed by atoms with Crippen molar-refractivity contribution < 1.29 is 9.53 Å². The van der Waals surface area contributed by atoms with Gasteiger partial charge in [-0.2, -0.15) is 0 Å². The third-order valence-corrected chi connectivity index (χ3v) is 3.41. The van der Waals surface area contributed by atoms with E-state index in [4.69, 9.17) is 4.74 Å². The normalized spacial score (nSPS) is 24.2. The topological polar surface area (TPSA) is 41.6 Å². The minimum absolute atomic E-state index is 0.0335. The van der Waals surface area contributed by atoms with E-state index in [0.717, 1.165) is 39.0 Å². The van der Waals surface area contributed by atoms with Crippen LogP contribution in [-0.2, 0) is 9.53 Å². The molecule has 2 fully saturated rings. The zero-order valence-corrected chi connectivity index (χ0v) is 9.91. The largest absolute Gasteiger partial charge is 0.461 e. The Labute approximate surface area is 97.3 Å². The van der Waals surface area contributed by atoms with Gasteiger partial charge in [0, 0.05) is 26.2 Å². The van der Waals surface area contributed by atoms with E-state index in [1.54, 1.807) is 0 Å². The van der Waals surface area contributed by atoms with Crippen molar-refractivity contribution in [2.24, 2.45) is 0 Å². The molecule has 1 N–H and O–H groups in total. The summed E-state index contributed by atoms with van der Waals surface area (Å²) in [6.45, 7) is 4.35. The monoisotopic (exact) mass is 226 g/mol. The lowest BCUT2D eigenvalue weighted by Gasteiger charge is -2.28. The first kappa shape index (κ1) is 11.9. The second-order valence-corrected chi connectivity index (χ2v) is 4.78. The van der Waals surface area contributed by atoms with Gasteiger partial charge in [-0.3, -0.25) is 9.69 Å². The van der Waals surface area contributed by atoms with E-state index in [1.165, 1.54) is 19.3 Å². The summed E-state index contributed by atoms with van der Waals surface area (Å²) in [5, 5.41) is 3.28. The highest BCUT2D eigenvalue weighted by Gasteiger charge is 2.20. The first-order valence-corrected chi connectivity index (χ1v) is 6.47. The van der Waals surface area contributed by atoms with Crippen LogP contribution in [0.2, 0.25) is 0 Å². The van der Waals surface area contributed by atoms with Crippen molar-refractivity contribution in [2.45, 2.75) is 38.2 Å². The van der Waals surface area contributed by atoms with Gasteiger partial charge in [0.25, 0.3) is 0 Å². The molecule has 4 heteroatoms. The lowest BCUT2D eigenvalue weighted by molar-refractivity contribution is -0.151. The molecule has 0 atom stereocenters. The summed E-state index contributed by atoms with van der Waals surface area (Å²) < 4.78 is 5.49. The average molecular weight is 226 g/mol. The average Bonchev–Trinajstić information content (AvgIpc) is 2.31. The summed E-state index contributed by atoms with van der Waals surface area (Å²) in [7, 11) is 0. The molecule has 0 spiro atoms. The molecule has 1 saturated carbocycles. The molecule has 0 aromatic heterocycles. The van der Waals surface area contributed by atoms with Crippen molar-refractivity contribution >= 4 is 5.97 Å². The van der Waals surface area contributed by atoms with Gasteiger partial charge >= 0.3 is 5.97 Å². The number of hydrogen-bond donors (Lipinski definition) is 1. The predicted octanol–water partition coefficient (Wildman–Crippen LogP) is 0.767. The smallest absolute Gasteiger partial charge is 0.320 e. The SMILES string of the molecule is O=C(CN1CCNCC1)OC1CCCCC1. The summed E-state index contributed by atoms with van der Waals surface area (Å²) >= 11 is 0. The number of esters is 1.